The van der Waals surface area contributed by atoms with E-state index in [0.717, 1.165) is 25.1 Å². The lowest BCUT2D eigenvalue weighted by molar-refractivity contribution is -0.129. The molecule has 1 aromatic rings. The SMILES string of the molecule is CC1CCCCN1C(=O)/C=C/c1ccco1. The van der Waals surface area contributed by atoms with Gasteiger partial charge in [0.1, 0.15) is 5.76 Å². The van der Waals surface area contributed by atoms with Crippen LogP contribution >= 0.6 is 0 Å². The second-order valence-corrected chi connectivity index (χ2v) is 4.23. The standard InChI is InChI=1S/C13H17NO2/c1-11-5-2-3-9-14(11)13(15)8-7-12-6-4-10-16-12/h4,6-8,10-11H,2-3,5,9H2,1H3/b8-7+. The highest BCUT2D eigenvalue weighted by Crippen LogP contribution is 2.17. The molecule has 16 heavy (non-hydrogen) atoms. The molecule has 0 aromatic carbocycles. The Morgan fingerprint density at radius 3 is 3.12 bits per heavy atom. The monoisotopic (exact) mass is 219 g/mol. The lowest BCUT2D eigenvalue weighted by Gasteiger charge is -2.32. The third-order valence-electron chi connectivity index (χ3n) is 3.02. The molecule has 1 aromatic heterocycles. The molecule has 0 spiro atoms. The maximum Gasteiger partial charge on any atom is 0.246 e. The Hall–Kier alpha value is -1.51. The fourth-order valence-electron chi connectivity index (χ4n) is 2.06. The Kier molecular flexibility index (Phi) is 3.44. The lowest BCUT2D eigenvalue weighted by atomic mass is 10.0. The highest BCUT2D eigenvalue weighted by Gasteiger charge is 2.21. The van der Waals surface area contributed by atoms with E-state index in [1.807, 2.05) is 17.0 Å². The number of amides is 1. The summed E-state index contributed by atoms with van der Waals surface area (Å²) in [4.78, 5) is 13.8. The Labute approximate surface area is 95.7 Å². The highest BCUT2D eigenvalue weighted by molar-refractivity contribution is 5.91. The molecule has 0 saturated carbocycles. The Morgan fingerprint density at radius 1 is 1.56 bits per heavy atom. The van der Waals surface area contributed by atoms with Crippen molar-refractivity contribution in [3.8, 4) is 0 Å². The zero-order valence-corrected chi connectivity index (χ0v) is 9.56. The molecule has 0 N–H and O–H groups in total. The summed E-state index contributed by atoms with van der Waals surface area (Å²) in [5.74, 6) is 0.807. The number of nitrogens with zero attached hydrogens (tertiary/aromatic N) is 1. The van der Waals surface area contributed by atoms with E-state index in [1.165, 1.54) is 6.42 Å². The number of hydrogen-bond acceptors (Lipinski definition) is 2. The number of hydrogen-bond donors (Lipinski definition) is 0. The molecule has 1 amide bonds. The first-order chi connectivity index (χ1) is 7.77. The van der Waals surface area contributed by atoms with Gasteiger partial charge in [0.15, 0.2) is 0 Å². The Morgan fingerprint density at radius 2 is 2.44 bits per heavy atom. The third-order valence-corrected chi connectivity index (χ3v) is 3.02. The number of likely N-dealkylation sites (tertiary alicyclic amines) is 1. The number of rotatable bonds is 2. The molecule has 3 heteroatoms. The van der Waals surface area contributed by atoms with Crippen LogP contribution in [0.15, 0.2) is 28.9 Å². The number of carbonyl (C=O) groups is 1. The van der Waals surface area contributed by atoms with Crippen molar-refractivity contribution in [3.63, 3.8) is 0 Å². The number of piperidine rings is 1. The van der Waals surface area contributed by atoms with E-state index in [0.29, 0.717) is 6.04 Å². The van der Waals surface area contributed by atoms with Gasteiger partial charge >= 0.3 is 0 Å². The van der Waals surface area contributed by atoms with Gasteiger partial charge in [-0.25, -0.2) is 0 Å². The number of furan rings is 1. The van der Waals surface area contributed by atoms with Crippen molar-refractivity contribution in [3.05, 3.63) is 30.2 Å². The van der Waals surface area contributed by atoms with E-state index in [9.17, 15) is 4.79 Å². The van der Waals surface area contributed by atoms with Gasteiger partial charge in [-0.3, -0.25) is 4.79 Å². The lowest BCUT2D eigenvalue weighted by Crippen LogP contribution is -2.41. The van der Waals surface area contributed by atoms with Crippen LogP contribution in [0, 0.1) is 0 Å². The summed E-state index contributed by atoms with van der Waals surface area (Å²) in [7, 11) is 0. The molecule has 2 rings (SSSR count). The van der Waals surface area contributed by atoms with Crippen LogP contribution < -0.4 is 0 Å². The van der Waals surface area contributed by atoms with Crippen molar-refractivity contribution in [1.82, 2.24) is 4.90 Å². The van der Waals surface area contributed by atoms with E-state index in [1.54, 1.807) is 18.4 Å². The van der Waals surface area contributed by atoms with Crippen molar-refractivity contribution in [2.24, 2.45) is 0 Å². The topological polar surface area (TPSA) is 33.5 Å². The van der Waals surface area contributed by atoms with Gasteiger partial charge in [-0.2, -0.15) is 0 Å². The van der Waals surface area contributed by atoms with Gasteiger partial charge in [-0.05, 0) is 44.4 Å². The average molecular weight is 219 g/mol. The first kappa shape index (κ1) is 11.0. The van der Waals surface area contributed by atoms with Crippen LogP contribution in [0.4, 0.5) is 0 Å². The first-order valence-corrected chi connectivity index (χ1v) is 5.79. The zero-order valence-electron chi connectivity index (χ0n) is 9.56. The van der Waals surface area contributed by atoms with Crippen LogP contribution in [0.5, 0.6) is 0 Å². The molecule has 1 fully saturated rings. The summed E-state index contributed by atoms with van der Waals surface area (Å²) in [5, 5.41) is 0. The summed E-state index contributed by atoms with van der Waals surface area (Å²) in [6.45, 7) is 2.99. The Balaban J connectivity index is 1.97. The van der Waals surface area contributed by atoms with Gasteiger partial charge in [0.25, 0.3) is 0 Å². The molecule has 2 heterocycles. The highest BCUT2D eigenvalue weighted by atomic mass is 16.3. The molecule has 0 radical (unpaired) electrons. The second-order valence-electron chi connectivity index (χ2n) is 4.23. The van der Waals surface area contributed by atoms with Crippen molar-refractivity contribution in [1.29, 1.82) is 0 Å². The van der Waals surface area contributed by atoms with Gasteiger partial charge in [0.2, 0.25) is 5.91 Å². The molecule has 3 nitrogen and oxygen atoms in total. The normalized spacial score (nSPS) is 21.6. The number of carbonyl (C=O) groups excluding carboxylic acids is 1. The fraction of sp³-hybridized carbons (Fsp3) is 0.462. The van der Waals surface area contributed by atoms with Crippen LogP contribution in [-0.4, -0.2) is 23.4 Å². The van der Waals surface area contributed by atoms with Crippen molar-refractivity contribution >= 4 is 12.0 Å². The molecule has 0 aliphatic carbocycles. The minimum atomic E-state index is 0.0867. The van der Waals surface area contributed by atoms with Crippen LogP contribution in [0.1, 0.15) is 31.9 Å². The van der Waals surface area contributed by atoms with Crippen molar-refractivity contribution in [2.75, 3.05) is 6.54 Å². The van der Waals surface area contributed by atoms with Gasteiger partial charge in [-0.1, -0.05) is 0 Å². The quantitative estimate of drug-likeness (QED) is 0.716. The Bertz CT molecular complexity index is 367. The average Bonchev–Trinajstić information content (AvgIpc) is 2.79. The van der Waals surface area contributed by atoms with Gasteiger partial charge < -0.3 is 9.32 Å². The van der Waals surface area contributed by atoms with Crippen LogP contribution in [0.25, 0.3) is 6.08 Å². The van der Waals surface area contributed by atoms with Crippen molar-refractivity contribution < 1.29 is 9.21 Å². The van der Waals surface area contributed by atoms with E-state index >= 15 is 0 Å². The maximum absolute atomic E-state index is 11.9. The van der Waals surface area contributed by atoms with Crippen molar-refractivity contribution in [2.45, 2.75) is 32.2 Å². The van der Waals surface area contributed by atoms with Gasteiger partial charge in [-0.15, -0.1) is 0 Å². The molecule has 1 aliphatic heterocycles. The largest absolute Gasteiger partial charge is 0.465 e. The summed E-state index contributed by atoms with van der Waals surface area (Å²) >= 11 is 0. The molecule has 1 saturated heterocycles. The van der Waals surface area contributed by atoms with Gasteiger partial charge in [0, 0.05) is 18.7 Å². The van der Waals surface area contributed by atoms with E-state index < -0.39 is 0 Å². The predicted octanol–water partition coefficient (Wildman–Crippen LogP) is 2.69. The molecule has 1 atom stereocenters. The van der Waals surface area contributed by atoms with Gasteiger partial charge in [0.05, 0.1) is 6.26 Å². The van der Waals surface area contributed by atoms with E-state index in [4.69, 9.17) is 4.42 Å². The maximum atomic E-state index is 11.9. The molecular weight excluding hydrogens is 202 g/mol. The molecule has 1 aliphatic rings. The molecule has 1 unspecified atom stereocenters. The molecular formula is C13H17NO2. The van der Waals surface area contributed by atoms with E-state index in [-0.39, 0.29) is 5.91 Å². The zero-order chi connectivity index (χ0) is 11.4. The minimum Gasteiger partial charge on any atom is -0.465 e. The summed E-state index contributed by atoms with van der Waals surface area (Å²) in [6, 6.07) is 4.01. The second kappa shape index (κ2) is 5.01. The third kappa shape index (κ3) is 2.54. The summed E-state index contributed by atoms with van der Waals surface area (Å²) in [6.07, 6.45) is 8.38. The van der Waals surface area contributed by atoms with Crippen LogP contribution in [-0.2, 0) is 4.79 Å². The first-order valence-electron chi connectivity index (χ1n) is 5.79. The van der Waals surface area contributed by atoms with Crippen LogP contribution in [0.2, 0.25) is 0 Å². The van der Waals surface area contributed by atoms with Crippen LogP contribution in [0.3, 0.4) is 0 Å². The summed E-state index contributed by atoms with van der Waals surface area (Å²) in [5.41, 5.74) is 0. The molecule has 0 bridgehead atoms. The smallest absolute Gasteiger partial charge is 0.246 e. The van der Waals surface area contributed by atoms with E-state index in [2.05, 4.69) is 6.92 Å². The predicted molar refractivity (Wildman–Crippen MR) is 62.8 cm³/mol. The fourth-order valence-corrected chi connectivity index (χ4v) is 2.06. The minimum absolute atomic E-state index is 0.0867. The summed E-state index contributed by atoms with van der Waals surface area (Å²) < 4.78 is 5.14. The molecule has 86 valence electrons.